The molecule has 16 heavy (non-hydrogen) atoms. The maximum Gasteiger partial charge on any atom is 0.237 e. The van der Waals surface area contributed by atoms with E-state index in [9.17, 15) is 4.79 Å². The van der Waals surface area contributed by atoms with Crippen LogP contribution in [-0.2, 0) is 11.3 Å². The van der Waals surface area contributed by atoms with E-state index in [1.54, 1.807) is 13.2 Å². The fourth-order valence-electron chi connectivity index (χ4n) is 2.07. The van der Waals surface area contributed by atoms with Gasteiger partial charge in [-0.2, -0.15) is 0 Å². The van der Waals surface area contributed by atoms with E-state index in [0.717, 1.165) is 30.8 Å². The summed E-state index contributed by atoms with van der Waals surface area (Å²) in [7, 11) is 1.68. The molecule has 2 heterocycles. The van der Waals surface area contributed by atoms with Crippen LogP contribution in [-0.4, -0.2) is 35.4 Å². The first-order valence-electron chi connectivity index (χ1n) is 5.36. The zero-order chi connectivity index (χ0) is 11.5. The smallest absolute Gasteiger partial charge is 0.237 e. The molecule has 0 aromatic carbocycles. The molecule has 1 aliphatic rings. The van der Waals surface area contributed by atoms with E-state index in [1.165, 1.54) is 11.3 Å². The second-order valence-corrected chi connectivity index (χ2v) is 5.05. The normalized spacial score (nSPS) is 21.2. The lowest BCUT2D eigenvalue weighted by Crippen LogP contribution is -2.41. The number of aromatic nitrogens is 1. The number of nitrogens with one attached hydrogen (secondary N) is 1. The van der Waals surface area contributed by atoms with Crippen LogP contribution in [0.1, 0.15) is 17.7 Å². The monoisotopic (exact) mass is 240 g/mol. The van der Waals surface area contributed by atoms with Crippen molar-refractivity contribution in [3.8, 4) is 0 Å². The Morgan fingerprint density at radius 1 is 1.81 bits per heavy atom. The molecule has 1 unspecified atom stereocenters. The fraction of sp³-hybridized carbons (Fsp3) is 0.600. The first-order chi connectivity index (χ1) is 7.70. The highest BCUT2D eigenvalue weighted by molar-refractivity contribution is 7.15. The molecule has 5 nitrogen and oxygen atoms in total. The molecule has 88 valence electrons. The maximum atomic E-state index is 11.6. The van der Waals surface area contributed by atoms with Crippen molar-refractivity contribution < 1.29 is 4.79 Å². The second kappa shape index (κ2) is 4.80. The predicted molar refractivity (Wildman–Crippen MR) is 64.0 cm³/mol. The van der Waals surface area contributed by atoms with Gasteiger partial charge < -0.3 is 11.1 Å². The van der Waals surface area contributed by atoms with E-state index in [4.69, 9.17) is 5.73 Å². The first kappa shape index (κ1) is 11.3. The minimum atomic E-state index is 0.00771. The van der Waals surface area contributed by atoms with E-state index in [2.05, 4.69) is 15.2 Å². The number of nitrogens with zero attached hydrogens (tertiary/aromatic N) is 2. The van der Waals surface area contributed by atoms with Gasteiger partial charge in [0.15, 0.2) is 5.13 Å². The van der Waals surface area contributed by atoms with Gasteiger partial charge in [-0.1, -0.05) is 0 Å². The van der Waals surface area contributed by atoms with Crippen molar-refractivity contribution in [1.29, 1.82) is 0 Å². The van der Waals surface area contributed by atoms with E-state index < -0.39 is 0 Å². The molecule has 6 heteroatoms. The van der Waals surface area contributed by atoms with Crippen LogP contribution < -0.4 is 11.1 Å². The molecular weight excluding hydrogens is 224 g/mol. The highest BCUT2D eigenvalue weighted by Gasteiger charge is 2.30. The van der Waals surface area contributed by atoms with Crippen LogP contribution in [0, 0.1) is 0 Å². The molecule has 0 aliphatic carbocycles. The molecule has 1 amide bonds. The number of hydrogen-bond acceptors (Lipinski definition) is 5. The van der Waals surface area contributed by atoms with Crippen LogP contribution >= 0.6 is 11.3 Å². The Labute approximate surface area is 98.7 Å². The number of hydrogen-bond donors (Lipinski definition) is 2. The van der Waals surface area contributed by atoms with Crippen LogP contribution in [0.3, 0.4) is 0 Å². The molecule has 1 fully saturated rings. The van der Waals surface area contributed by atoms with Gasteiger partial charge in [0, 0.05) is 24.7 Å². The van der Waals surface area contributed by atoms with Crippen molar-refractivity contribution in [2.24, 2.45) is 0 Å². The number of likely N-dealkylation sites (tertiary alicyclic amines) is 1. The molecule has 1 aromatic heterocycles. The number of amides is 1. The standard InChI is InChI=1S/C10H16N4OS/c1-12-9(15)8-3-2-4-14(8)6-7-5-13-10(11)16-7/h5,8H,2-4,6H2,1H3,(H2,11,13)(H,12,15). The number of carbonyl (C=O) groups excluding carboxylic acids is 1. The summed E-state index contributed by atoms with van der Waals surface area (Å²) in [6, 6.07) is 0.00771. The summed E-state index contributed by atoms with van der Waals surface area (Å²) in [4.78, 5) is 19.0. The highest BCUT2D eigenvalue weighted by Crippen LogP contribution is 2.23. The molecule has 1 aromatic rings. The largest absolute Gasteiger partial charge is 0.375 e. The van der Waals surface area contributed by atoms with Crippen LogP contribution in [0.4, 0.5) is 5.13 Å². The molecule has 1 aliphatic heterocycles. The molecule has 1 atom stereocenters. The van der Waals surface area contributed by atoms with E-state index in [1.807, 2.05) is 0 Å². The number of anilines is 1. The van der Waals surface area contributed by atoms with Crippen molar-refractivity contribution in [2.75, 3.05) is 19.3 Å². The van der Waals surface area contributed by atoms with Gasteiger partial charge in [-0.25, -0.2) is 4.98 Å². The van der Waals surface area contributed by atoms with Crippen molar-refractivity contribution in [2.45, 2.75) is 25.4 Å². The Balaban J connectivity index is 2.01. The van der Waals surface area contributed by atoms with Gasteiger partial charge in [0.2, 0.25) is 5.91 Å². The molecular formula is C10H16N4OS. The third kappa shape index (κ3) is 2.33. The topological polar surface area (TPSA) is 71.2 Å². The molecule has 3 N–H and O–H groups in total. The van der Waals surface area contributed by atoms with E-state index in [0.29, 0.717) is 5.13 Å². The second-order valence-electron chi connectivity index (χ2n) is 3.91. The average molecular weight is 240 g/mol. The Morgan fingerprint density at radius 2 is 2.62 bits per heavy atom. The molecule has 2 rings (SSSR count). The summed E-state index contributed by atoms with van der Waals surface area (Å²) < 4.78 is 0. The third-order valence-corrected chi connectivity index (χ3v) is 3.65. The zero-order valence-corrected chi connectivity index (χ0v) is 10.1. The molecule has 0 bridgehead atoms. The summed E-state index contributed by atoms with van der Waals surface area (Å²) in [5.74, 6) is 0.106. The molecule has 0 saturated carbocycles. The van der Waals surface area contributed by atoms with Crippen LogP contribution in [0.25, 0.3) is 0 Å². The predicted octanol–water partition coefficient (Wildman–Crippen LogP) is 0.436. The summed E-state index contributed by atoms with van der Waals surface area (Å²) in [5.41, 5.74) is 5.58. The summed E-state index contributed by atoms with van der Waals surface area (Å²) in [6.07, 6.45) is 3.81. The minimum absolute atomic E-state index is 0.00771. The maximum absolute atomic E-state index is 11.6. The highest BCUT2D eigenvalue weighted by atomic mass is 32.1. The van der Waals surface area contributed by atoms with Crippen molar-refractivity contribution >= 4 is 22.4 Å². The Morgan fingerprint density at radius 3 is 3.25 bits per heavy atom. The van der Waals surface area contributed by atoms with Gasteiger partial charge in [0.25, 0.3) is 0 Å². The van der Waals surface area contributed by atoms with Crippen LogP contribution in [0.15, 0.2) is 6.20 Å². The fourth-order valence-corrected chi connectivity index (χ4v) is 2.78. The van der Waals surface area contributed by atoms with E-state index >= 15 is 0 Å². The summed E-state index contributed by atoms with van der Waals surface area (Å²) >= 11 is 1.49. The van der Waals surface area contributed by atoms with Crippen molar-refractivity contribution in [3.63, 3.8) is 0 Å². The van der Waals surface area contributed by atoms with Gasteiger partial charge in [-0.05, 0) is 19.4 Å². The van der Waals surface area contributed by atoms with Crippen LogP contribution in [0.5, 0.6) is 0 Å². The number of nitrogen functional groups attached to an aromatic ring is 1. The van der Waals surface area contributed by atoms with Crippen molar-refractivity contribution in [1.82, 2.24) is 15.2 Å². The van der Waals surface area contributed by atoms with Crippen LogP contribution in [0.2, 0.25) is 0 Å². The SMILES string of the molecule is CNC(=O)C1CCCN1Cc1cnc(N)s1. The number of rotatable bonds is 3. The van der Waals surface area contributed by atoms with Gasteiger partial charge in [-0.15, -0.1) is 11.3 Å². The number of likely N-dealkylation sites (N-methyl/N-ethyl adjacent to an activating group) is 1. The lowest BCUT2D eigenvalue weighted by atomic mass is 10.2. The summed E-state index contributed by atoms with van der Waals surface area (Å²) in [5, 5.41) is 3.30. The Kier molecular flexibility index (Phi) is 3.40. The Hall–Kier alpha value is -1.14. The lowest BCUT2D eigenvalue weighted by molar-refractivity contribution is -0.125. The van der Waals surface area contributed by atoms with Gasteiger partial charge in [0.05, 0.1) is 6.04 Å². The number of nitrogens with two attached hydrogens (primary N) is 1. The van der Waals surface area contributed by atoms with Crippen molar-refractivity contribution in [3.05, 3.63) is 11.1 Å². The average Bonchev–Trinajstić information content (AvgIpc) is 2.87. The lowest BCUT2D eigenvalue weighted by Gasteiger charge is -2.21. The molecule has 0 spiro atoms. The van der Waals surface area contributed by atoms with E-state index in [-0.39, 0.29) is 11.9 Å². The third-order valence-electron chi connectivity index (χ3n) is 2.84. The number of carbonyl (C=O) groups is 1. The first-order valence-corrected chi connectivity index (χ1v) is 6.18. The van der Waals surface area contributed by atoms with Gasteiger partial charge in [0.1, 0.15) is 0 Å². The molecule has 1 saturated heterocycles. The van der Waals surface area contributed by atoms with Gasteiger partial charge in [-0.3, -0.25) is 9.69 Å². The minimum Gasteiger partial charge on any atom is -0.375 e. The molecule has 0 radical (unpaired) electrons. The zero-order valence-electron chi connectivity index (χ0n) is 9.27. The Bertz CT molecular complexity index is 379. The quantitative estimate of drug-likeness (QED) is 0.804. The van der Waals surface area contributed by atoms with Gasteiger partial charge >= 0.3 is 0 Å². The number of thiazole rings is 1. The summed E-state index contributed by atoms with van der Waals surface area (Å²) in [6.45, 7) is 1.74.